The Morgan fingerprint density at radius 2 is 1.82 bits per heavy atom. The second-order valence-corrected chi connectivity index (χ2v) is 19.7. The number of nitrogens with zero attached hydrogens (tertiary/aromatic N) is 2. The molecule has 13 heteroatoms. The quantitative estimate of drug-likeness (QED) is 0.223. The van der Waals surface area contributed by atoms with Crippen molar-refractivity contribution in [3.05, 3.63) is 29.6 Å². The maximum absolute atomic E-state index is 13.4. The monoisotopic (exact) mass is 594 g/mol. The summed E-state index contributed by atoms with van der Waals surface area (Å²) in [5.41, 5.74) is 8.35. The first kappa shape index (κ1) is 33.9. The van der Waals surface area contributed by atoms with Gasteiger partial charge < -0.3 is 24.5 Å². The Kier molecular flexibility index (Phi) is 11.8. The zero-order valence-electron chi connectivity index (χ0n) is 24.5. The van der Waals surface area contributed by atoms with Crippen LogP contribution >= 0.6 is 0 Å². The fourth-order valence-electron chi connectivity index (χ4n) is 3.71. The van der Waals surface area contributed by atoms with Gasteiger partial charge in [0.25, 0.3) is 0 Å². The number of nitrogens with one attached hydrogen (secondary N) is 1. The molecular formula is C26H45F3N4O4SSi. The summed E-state index contributed by atoms with van der Waals surface area (Å²) in [6.07, 6.45) is -7.60. The average molecular weight is 595 g/mol. The van der Waals surface area contributed by atoms with E-state index >= 15 is 0 Å². The van der Waals surface area contributed by atoms with Gasteiger partial charge in [0.15, 0.2) is 6.10 Å². The highest BCUT2D eigenvalue weighted by molar-refractivity contribution is 7.84. The molecule has 0 radical (unpaired) electrons. The summed E-state index contributed by atoms with van der Waals surface area (Å²) < 4.78 is 74.1. The van der Waals surface area contributed by atoms with Gasteiger partial charge in [-0.05, 0) is 58.4 Å². The molecule has 0 fully saturated rings. The molecule has 1 unspecified atom stereocenters. The van der Waals surface area contributed by atoms with Crippen LogP contribution in [-0.2, 0) is 31.9 Å². The summed E-state index contributed by atoms with van der Waals surface area (Å²) in [4.78, 5) is 4.81. The lowest BCUT2D eigenvalue weighted by Gasteiger charge is -2.30. The Balaban J connectivity index is 2.60. The lowest BCUT2D eigenvalue weighted by Crippen LogP contribution is -2.43. The normalized spacial score (nSPS) is 17.3. The van der Waals surface area contributed by atoms with Crippen molar-refractivity contribution in [1.82, 2.24) is 14.3 Å². The summed E-state index contributed by atoms with van der Waals surface area (Å²) in [7, 11) is -1.41. The first-order valence-electron chi connectivity index (χ1n) is 13.1. The zero-order chi connectivity index (χ0) is 29.8. The van der Waals surface area contributed by atoms with Gasteiger partial charge in [-0.25, -0.2) is 13.9 Å². The number of nitrogens with two attached hydrogens (primary N) is 1. The lowest BCUT2D eigenvalue weighted by molar-refractivity contribution is -0.227. The summed E-state index contributed by atoms with van der Waals surface area (Å²) in [6, 6.07) is 5.21. The fraction of sp³-hybridized carbons (Fsp3) is 0.731. The highest BCUT2D eigenvalue weighted by Crippen LogP contribution is 2.31. The van der Waals surface area contributed by atoms with Crippen LogP contribution in [0.4, 0.5) is 13.2 Å². The molecule has 224 valence electrons. The Bertz CT molecular complexity index is 1100. The van der Waals surface area contributed by atoms with E-state index in [2.05, 4.69) is 24.4 Å². The first-order valence-corrected chi connectivity index (χ1v) is 17.9. The highest BCUT2D eigenvalue weighted by atomic mass is 32.2. The number of ether oxygens (including phenoxy) is 3. The molecule has 0 saturated heterocycles. The van der Waals surface area contributed by atoms with Gasteiger partial charge in [0.1, 0.15) is 18.6 Å². The van der Waals surface area contributed by atoms with Crippen molar-refractivity contribution >= 4 is 30.1 Å². The number of halogens is 3. The molecular weight excluding hydrogens is 549 g/mol. The van der Waals surface area contributed by atoms with Crippen LogP contribution in [0.2, 0.25) is 25.7 Å². The van der Waals surface area contributed by atoms with Crippen molar-refractivity contribution in [2.45, 2.75) is 102 Å². The van der Waals surface area contributed by atoms with Gasteiger partial charge in [-0.3, -0.25) is 0 Å². The third kappa shape index (κ3) is 9.90. The zero-order valence-corrected chi connectivity index (χ0v) is 26.3. The van der Waals surface area contributed by atoms with Gasteiger partial charge in [-0.2, -0.15) is 13.2 Å². The number of methoxy groups -OCH3 is 1. The Morgan fingerprint density at radius 1 is 1.18 bits per heavy atom. The topological polar surface area (TPSA) is 101 Å². The van der Waals surface area contributed by atoms with Gasteiger partial charge in [-0.1, -0.05) is 25.7 Å². The number of aromatic nitrogens is 2. The van der Waals surface area contributed by atoms with Gasteiger partial charge in [-0.15, -0.1) is 0 Å². The Morgan fingerprint density at radius 3 is 2.36 bits per heavy atom. The van der Waals surface area contributed by atoms with E-state index in [9.17, 15) is 17.4 Å². The molecule has 0 aliphatic carbocycles. The number of imidazole rings is 1. The van der Waals surface area contributed by atoms with Gasteiger partial charge in [0, 0.05) is 21.8 Å². The molecule has 2 rings (SSSR count). The van der Waals surface area contributed by atoms with Gasteiger partial charge in [0.05, 0.1) is 45.5 Å². The second-order valence-electron chi connectivity index (χ2n) is 12.1. The molecule has 8 nitrogen and oxygen atoms in total. The molecule has 39 heavy (non-hydrogen) atoms. The van der Waals surface area contributed by atoms with E-state index in [4.69, 9.17) is 24.9 Å². The van der Waals surface area contributed by atoms with E-state index < -0.39 is 48.2 Å². The van der Waals surface area contributed by atoms with Gasteiger partial charge in [0.2, 0.25) is 0 Å². The molecule has 0 aliphatic heterocycles. The Hall–Kier alpha value is -1.35. The lowest BCUT2D eigenvalue weighted by atomic mass is 10.1. The van der Waals surface area contributed by atoms with E-state index in [1.165, 1.54) is 6.92 Å². The van der Waals surface area contributed by atoms with Crippen LogP contribution in [0.15, 0.2) is 18.2 Å². The molecule has 5 atom stereocenters. The number of benzene rings is 1. The third-order valence-electron chi connectivity index (χ3n) is 6.21. The number of fused-ring (bicyclic) bond motifs is 1. The smallest absolute Gasteiger partial charge is 0.383 e. The molecule has 0 saturated carbocycles. The number of hydrogen-bond donors (Lipinski definition) is 2. The highest BCUT2D eigenvalue weighted by Gasteiger charge is 2.40. The number of hydrogen-bond acceptors (Lipinski definition) is 6. The molecule has 1 aromatic heterocycles. The minimum atomic E-state index is -4.55. The molecule has 2 aromatic rings. The third-order valence-corrected chi connectivity index (χ3v) is 9.49. The average Bonchev–Trinajstić information content (AvgIpc) is 3.15. The predicted molar refractivity (Wildman–Crippen MR) is 152 cm³/mol. The minimum absolute atomic E-state index is 0.127. The van der Waals surface area contributed by atoms with Crippen molar-refractivity contribution in [3.8, 4) is 0 Å². The summed E-state index contributed by atoms with van der Waals surface area (Å²) in [5, 5.41) is 0. The SMILES string of the molecule is COC[C@@H](N)c1ccc2c(c1)nc([C@@H](NS(=O)C(C)(C)C)[C@@H](C)O[C@@H](C)C(F)(F)F)n2COCC[Si](C)(C)C. The van der Waals surface area contributed by atoms with E-state index in [1.54, 1.807) is 32.4 Å². The van der Waals surface area contributed by atoms with Gasteiger partial charge >= 0.3 is 6.18 Å². The van der Waals surface area contributed by atoms with Crippen molar-refractivity contribution < 1.29 is 31.6 Å². The van der Waals surface area contributed by atoms with E-state index in [1.807, 2.05) is 18.2 Å². The minimum Gasteiger partial charge on any atom is -0.383 e. The van der Waals surface area contributed by atoms with E-state index in [-0.39, 0.29) is 12.8 Å². The van der Waals surface area contributed by atoms with Crippen LogP contribution in [0.5, 0.6) is 0 Å². The van der Waals surface area contributed by atoms with Crippen LogP contribution in [-0.4, -0.2) is 65.3 Å². The van der Waals surface area contributed by atoms with Crippen LogP contribution in [0.3, 0.4) is 0 Å². The predicted octanol–water partition coefficient (Wildman–Crippen LogP) is 5.44. The molecule has 0 amide bonds. The maximum atomic E-state index is 13.4. The molecule has 0 spiro atoms. The van der Waals surface area contributed by atoms with E-state index in [0.717, 1.165) is 24.0 Å². The maximum Gasteiger partial charge on any atom is 0.414 e. The van der Waals surface area contributed by atoms with Crippen LogP contribution in [0, 0.1) is 0 Å². The first-order chi connectivity index (χ1) is 17.8. The molecule has 0 aliphatic rings. The van der Waals surface area contributed by atoms with Crippen LogP contribution in [0.1, 0.15) is 58.1 Å². The van der Waals surface area contributed by atoms with Crippen molar-refractivity contribution in [2.24, 2.45) is 5.73 Å². The van der Waals surface area contributed by atoms with Crippen LogP contribution < -0.4 is 10.5 Å². The standard InChI is InChI=1S/C26H45F3N4O4SSi/c1-17(37-18(2)26(27,28)29)23(32-38(34)25(3,4)5)24-31-21-14-19(20(30)15-35-6)10-11-22(21)33(24)16-36-12-13-39(7,8)9/h10-11,14,17-18,20,23,32H,12-13,15-16,30H2,1-9H3/t17-,18+,20-,23+,38?/m1/s1. The van der Waals surface area contributed by atoms with Crippen LogP contribution in [0.25, 0.3) is 11.0 Å². The largest absolute Gasteiger partial charge is 0.414 e. The van der Waals surface area contributed by atoms with Crippen molar-refractivity contribution in [2.75, 3.05) is 20.3 Å². The number of alkyl halides is 3. The summed E-state index contributed by atoms with van der Waals surface area (Å²) in [5.74, 6) is 0.370. The van der Waals surface area contributed by atoms with Crippen molar-refractivity contribution in [1.29, 1.82) is 0 Å². The Labute approximate surface area is 233 Å². The molecule has 3 N–H and O–H groups in total. The van der Waals surface area contributed by atoms with E-state index in [0.29, 0.717) is 24.6 Å². The number of rotatable bonds is 14. The molecule has 1 aromatic carbocycles. The fourth-order valence-corrected chi connectivity index (χ4v) is 5.35. The molecule has 0 bridgehead atoms. The summed E-state index contributed by atoms with van der Waals surface area (Å²) in [6.45, 7) is 15.6. The second kappa shape index (κ2) is 13.5. The summed E-state index contributed by atoms with van der Waals surface area (Å²) >= 11 is 0. The molecule has 1 heterocycles. The van der Waals surface area contributed by atoms with Crippen molar-refractivity contribution in [3.63, 3.8) is 0 Å².